The minimum Gasteiger partial charge on any atom is -0.444 e. The number of aryl methyl sites for hydroxylation is 1. The van der Waals surface area contributed by atoms with E-state index in [1.165, 1.54) is 6.07 Å². The lowest BCUT2D eigenvalue weighted by Crippen LogP contribution is -2.51. The summed E-state index contributed by atoms with van der Waals surface area (Å²) >= 11 is 0. The van der Waals surface area contributed by atoms with E-state index in [1.54, 1.807) is 9.58 Å². The molecule has 2 unspecified atom stereocenters. The van der Waals surface area contributed by atoms with Gasteiger partial charge in [0.05, 0.1) is 0 Å². The van der Waals surface area contributed by atoms with Crippen LogP contribution in [0.1, 0.15) is 70.2 Å². The van der Waals surface area contributed by atoms with Crippen molar-refractivity contribution in [2.45, 2.75) is 77.0 Å². The number of hydrogen-bond donors (Lipinski definition) is 1. The van der Waals surface area contributed by atoms with Crippen LogP contribution in [0.4, 0.5) is 23.9 Å². The largest absolute Gasteiger partial charge is 0.444 e. The Bertz CT molecular complexity index is 1100. The molecule has 3 aliphatic rings. The Kier molecular flexibility index (Phi) is 6.17. The summed E-state index contributed by atoms with van der Waals surface area (Å²) in [5.74, 6) is -2.78. The van der Waals surface area contributed by atoms with Crippen molar-refractivity contribution in [3.63, 3.8) is 0 Å². The summed E-state index contributed by atoms with van der Waals surface area (Å²) in [6.07, 6.45) is 3.95. The number of likely N-dealkylation sites (tertiary alicyclic amines) is 1. The Hall–Kier alpha value is -2.78. The van der Waals surface area contributed by atoms with E-state index in [4.69, 9.17) is 9.72 Å². The Balaban J connectivity index is 1.34. The molecule has 2 bridgehead atoms. The molecule has 5 rings (SSSR count). The smallest absolute Gasteiger partial charge is 0.410 e. The van der Waals surface area contributed by atoms with Crippen LogP contribution in [0.2, 0.25) is 0 Å². The maximum absolute atomic E-state index is 14.6. The van der Waals surface area contributed by atoms with Gasteiger partial charge in [-0.1, -0.05) is 12.5 Å². The van der Waals surface area contributed by atoms with Crippen LogP contribution in [0.15, 0.2) is 12.1 Å². The second kappa shape index (κ2) is 9.02. The molecule has 3 heterocycles. The van der Waals surface area contributed by atoms with Crippen molar-refractivity contribution in [2.75, 3.05) is 18.4 Å². The van der Waals surface area contributed by atoms with Gasteiger partial charge in [-0.15, -0.1) is 5.10 Å². The van der Waals surface area contributed by atoms with Gasteiger partial charge in [0.15, 0.2) is 17.5 Å². The average Bonchev–Trinajstić information content (AvgIpc) is 3.19. The normalized spacial score (nSPS) is 26.3. The molecule has 2 aromatic rings. The zero-order valence-corrected chi connectivity index (χ0v) is 20.4. The van der Waals surface area contributed by atoms with Crippen molar-refractivity contribution in [2.24, 2.45) is 11.8 Å². The van der Waals surface area contributed by atoms with E-state index in [-0.39, 0.29) is 29.5 Å². The van der Waals surface area contributed by atoms with Gasteiger partial charge >= 0.3 is 6.09 Å². The third-order valence-electron chi connectivity index (χ3n) is 7.35. The number of rotatable bonds is 3. The second-order valence-corrected chi connectivity index (χ2v) is 11.0. The lowest BCUT2D eigenvalue weighted by atomic mass is 9.92. The molecule has 1 aliphatic carbocycles. The number of ether oxygens (including phenoxy) is 1. The monoisotopic (exact) mass is 491 g/mol. The first-order valence-corrected chi connectivity index (χ1v) is 12.4. The van der Waals surface area contributed by atoms with Crippen LogP contribution in [0.25, 0.3) is 0 Å². The van der Waals surface area contributed by atoms with Gasteiger partial charge in [0.1, 0.15) is 11.4 Å². The summed E-state index contributed by atoms with van der Waals surface area (Å²) < 4.78 is 49.4. The van der Waals surface area contributed by atoms with Crippen LogP contribution in [0, 0.1) is 29.3 Å². The van der Waals surface area contributed by atoms with Gasteiger partial charge in [0.25, 0.3) is 0 Å². The third-order valence-corrected chi connectivity index (χ3v) is 7.35. The Morgan fingerprint density at radius 2 is 1.77 bits per heavy atom. The van der Waals surface area contributed by atoms with Crippen molar-refractivity contribution >= 4 is 12.0 Å². The molecule has 1 saturated heterocycles. The number of nitrogens with one attached hydrogen (secondary N) is 1. The Morgan fingerprint density at radius 3 is 2.46 bits per heavy atom. The Morgan fingerprint density at radius 1 is 1.06 bits per heavy atom. The van der Waals surface area contributed by atoms with E-state index in [2.05, 4.69) is 10.4 Å². The molecule has 1 N–H and O–H groups in total. The van der Waals surface area contributed by atoms with Gasteiger partial charge in [-0.05, 0) is 64.4 Å². The zero-order valence-electron chi connectivity index (χ0n) is 20.4. The van der Waals surface area contributed by atoms with Crippen LogP contribution in [0.5, 0.6) is 0 Å². The summed E-state index contributed by atoms with van der Waals surface area (Å²) in [6.45, 7) is 7.44. The molecular formula is C25H32F3N5O2. The molecule has 4 atom stereocenters. The minimum absolute atomic E-state index is 0.108. The summed E-state index contributed by atoms with van der Waals surface area (Å²) in [4.78, 5) is 19.1. The SMILES string of the molecule is CC(C)(C)OC(=O)N1CC2CC[C@@H](C1)[C@@H]2Nc1nc2n(n1)CCCCC2c1ccc(F)c(F)c1F. The van der Waals surface area contributed by atoms with Crippen LogP contribution < -0.4 is 5.32 Å². The number of carbonyl (C=O) groups is 1. The highest BCUT2D eigenvalue weighted by molar-refractivity contribution is 5.68. The number of hydrogen-bond acceptors (Lipinski definition) is 5. The number of halogens is 3. The molecule has 7 nitrogen and oxygen atoms in total. The van der Waals surface area contributed by atoms with Crippen molar-refractivity contribution < 1.29 is 22.7 Å². The highest BCUT2D eigenvalue weighted by atomic mass is 19.2. The van der Waals surface area contributed by atoms with Crippen LogP contribution in [0.3, 0.4) is 0 Å². The number of fused-ring (bicyclic) bond motifs is 3. The Labute approximate surface area is 203 Å². The maximum Gasteiger partial charge on any atom is 0.410 e. The molecule has 2 fully saturated rings. The molecule has 0 radical (unpaired) electrons. The van der Waals surface area contributed by atoms with Crippen molar-refractivity contribution in [3.8, 4) is 0 Å². The molecule has 1 aromatic heterocycles. The molecule has 1 aromatic carbocycles. The molecule has 35 heavy (non-hydrogen) atoms. The van der Waals surface area contributed by atoms with Gasteiger partial charge in [-0.2, -0.15) is 4.98 Å². The van der Waals surface area contributed by atoms with E-state index >= 15 is 0 Å². The van der Waals surface area contributed by atoms with Crippen molar-refractivity contribution in [1.29, 1.82) is 0 Å². The molecule has 190 valence electrons. The predicted octanol–water partition coefficient (Wildman–Crippen LogP) is 5.07. The van der Waals surface area contributed by atoms with Crippen LogP contribution >= 0.6 is 0 Å². The molecular weight excluding hydrogens is 459 g/mol. The maximum atomic E-state index is 14.6. The van der Waals surface area contributed by atoms with Gasteiger partial charge in [0, 0.05) is 37.2 Å². The molecule has 1 saturated carbocycles. The molecule has 10 heteroatoms. The number of anilines is 1. The lowest BCUT2D eigenvalue weighted by Gasteiger charge is -2.38. The number of aromatic nitrogens is 3. The quantitative estimate of drug-likeness (QED) is 0.607. The van der Waals surface area contributed by atoms with E-state index in [0.717, 1.165) is 31.7 Å². The first kappa shape index (κ1) is 23.9. The van der Waals surface area contributed by atoms with Gasteiger partial charge in [-0.3, -0.25) is 0 Å². The fourth-order valence-corrected chi connectivity index (χ4v) is 5.76. The highest BCUT2D eigenvalue weighted by Gasteiger charge is 2.45. The second-order valence-electron chi connectivity index (χ2n) is 11.0. The summed E-state index contributed by atoms with van der Waals surface area (Å²) in [5, 5.41) is 8.13. The van der Waals surface area contributed by atoms with Crippen molar-refractivity contribution in [3.05, 3.63) is 41.0 Å². The lowest BCUT2D eigenvalue weighted by molar-refractivity contribution is 0.0141. The average molecular weight is 492 g/mol. The summed E-state index contributed by atoms with van der Waals surface area (Å²) in [5.41, 5.74) is -0.427. The number of nitrogens with zero attached hydrogens (tertiary/aromatic N) is 4. The van der Waals surface area contributed by atoms with E-state index in [0.29, 0.717) is 37.8 Å². The third kappa shape index (κ3) is 4.71. The topological polar surface area (TPSA) is 72.3 Å². The summed E-state index contributed by atoms with van der Waals surface area (Å²) in [6, 6.07) is 2.40. The van der Waals surface area contributed by atoms with Gasteiger partial charge in [0.2, 0.25) is 5.95 Å². The highest BCUT2D eigenvalue weighted by Crippen LogP contribution is 2.40. The van der Waals surface area contributed by atoms with Gasteiger partial charge < -0.3 is 15.0 Å². The van der Waals surface area contributed by atoms with E-state index in [1.807, 2.05) is 20.8 Å². The number of carbonyl (C=O) groups excluding carboxylic acids is 1. The number of benzene rings is 1. The summed E-state index contributed by atoms with van der Waals surface area (Å²) in [7, 11) is 0. The first-order chi connectivity index (χ1) is 16.6. The molecule has 2 aliphatic heterocycles. The molecule has 1 amide bonds. The van der Waals surface area contributed by atoms with Gasteiger partial charge in [-0.25, -0.2) is 22.6 Å². The minimum atomic E-state index is -1.45. The number of amides is 1. The van der Waals surface area contributed by atoms with E-state index < -0.39 is 29.0 Å². The fourth-order valence-electron chi connectivity index (χ4n) is 5.76. The van der Waals surface area contributed by atoms with Crippen molar-refractivity contribution in [1.82, 2.24) is 19.7 Å². The predicted molar refractivity (Wildman–Crippen MR) is 123 cm³/mol. The van der Waals surface area contributed by atoms with E-state index in [9.17, 15) is 18.0 Å². The van der Waals surface area contributed by atoms with Crippen LogP contribution in [-0.2, 0) is 11.3 Å². The molecule has 0 spiro atoms. The number of piperidine rings is 1. The first-order valence-electron chi connectivity index (χ1n) is 12.4. The fraction of sp³-hybridized carbons (Fsp3) is 0.640. The van der Waals surface area contributed by atoms with Crippen LogP contribution in [-0.4, -0.2) is 50.5 Å². The standard InChI is InChI=1S/C25H32F3N5O2/c1-25(2,3)35-24(34)32-12-14-7-8-15(13-32)21(14)29-23-30-22-17(6-4-5-11-33(22)31-23)16-9-10-18(26)20(28)19(16)27/h9-10,14-15,17,21H,4-8,11-13H2,1-3H3,(H,29,31)/t14-,15?,17?,21-/m0/s1. The zero-order chi connectivity index (χ0) is 24.9.